The Bertz CT molecular complexity index is 825. The highest BCUT2D eigenvalue weighted by Crippen LogP contribution is 2.22. The Balaban J connectivity index is 2.18. The van der Waals surface area contributed by atoms with Gasteiger partial charge in [-0.25, -0.2) is 0 Å². The third kappa shape index (κ3) is 8.78. The molecule has 0 fully saturated rings. The van der Waals surface area contributed by atoms with E-state index in [2.05, 4.69) is 5.32 Å². The van der Waals surface area contributed by atoms with Crippen LogP contribution in [-0.2, 0) is 11.2 Å². The number of anilines is 1. The van der Waals surface area contributed by atoms with Gasteiger partial charge in [-0.1, -0.05) is 42.5 Å². The van der Waals surface area contributed by atoms with E-state index in [4.69, 9.17) is 0 Å². The van der Waals surface area contributed by atoms with E-state index in [0.717, 1.165) is 11.1 Å². The second kappa shape index (κ2) is 12.1. The lowest BCUT2D eigenvalue weighted by Gasteiger charge is -2.15. The normalized spacial score (nSPS) is 29.5. The highest BCUT2D eigenvalue weighted by molar-refractivity contribution is 5.91. The Morgan fingerprint density at radius 2 is 1.80 bits per heavy atom. The molecule has 6 nitrogen and oxygen atoms in total. The minimum Gasteiger partial charge on any atom is -0.508 e. The maximum absolute atomic E-state index is 12.2. The van der Waals surface area contributed by atoms with Crippen LogP contribution in [0.1, 0.15) is 38.2 Å². The molecule has 3 atom stereocenters. The summed E-state index contributed by atoms with van der Waals surface area (Å²) < 4.78 is 0. The fourth-order valence-electron chi connectivity index (χ4n) is 3.14. The van der Waals surface area contributed by atoms with E-state index in [-0.39, 0.29) is 24.5 Å². The molecular formula is C24H31NO5. The molecule has 1 aliphatic heterocycles. The molecule has 30 heavy (non-hydrogen) atoms. The predicted molar refractivity (Wildman–Crippen MR) is 118 cm³/mol. The lowest BCUT2D eigenvalue weighted by molar-refractivity contribution is -0.117. The molecule has 0 radical (unpaired) electrons. The minimum atomic E-state index is -0.930. The number of amides is 1. The molecule has 0 saturated carbocycles. The molecule has 0 saturated heterocycles. The topological polar surface area (TPSA) is 110 Å². The molecule has 1 amide bonds. The van der Waals surface area contributed by atoms with Crippen LogP contribution < -0.4 is 5.32 Å². The van der Waals surface area contributed by atoms with Crippen molar-refractivity contribution in [1.29, 1.82) is 0 Å². The number of nitrogens with one attached hydrogen (secondary N) is 1. The molecule has 0 spiro atoms. The van der Waals surface area contributed by atoms with Crippen LogP contribution in [0.15, 0.2) is 66.3 Å². The molecule has 1 aromatic rings. The van der Waals surface area contributed by atoms with Gasteiger partial charge in [0.05, 0.1) is 24.7 Å². The number of fused-ring (bicyclic) bond motifs is 2. The van der Waals surface area contributed by atoms with Gasteiger partial charge in [0, 0.05) is 18.2 Å². The van der Waals surface area contributed by atoms with Crippen LogP contribution in [-0.4, -0.2) is 44.6 Å². The highest BCUT2D eigenvalue weighted by Gasteiger charge is 2.13. The minimum absolute atomic E-state index is 0.0446. The zero-order chi connectivity index (χ0) is 21.9. The summed E-state index contributed by atoms with van der Waals surface area (Å²) in [6, 6.07) is 4.87. The van der Waals surface area contributed by atoms with Gasteiger partial charge in [0.25, 0.3) is 0 Å². The summed E-state index contributed by atoms with van der Waals surface area (Å²) in [6.07, 6.45) is 11.7. The number of aromatic hydroxyl groups is 1. The number of hydrogen-bond acceptors (Lipinski definition) is 5. The van der Waals surface area contributed by atoms with Crippen molar-refractivity contribution in [3.63, 3.8) is 0 Å². The van der Waals surface area contributed by atoms with Gasteiger partial charge < -0.3 is 25.7 Å². The van der Waals surface area contributed by atoms with Crippen molar-refractivity contribution in [2.45, 2.75) is 57.3 Å². The second-order valence-electron chi connectivity index (χ2n) is 7.53. The molecule has 2 rings (SSSR count). The van der Waals surface area contributed by atoms with Crippen LogP contribution in [0.4, 0.5) is 5.69 Å². The van der Waals surface area contributed by atoms with Crippen molar-refractivity contribution in [3.05, 3.63) is 71.9 Å². The van der Waals surface area contributed by atoms with E-state index in [0.29, 0.717) is 24.9 Å². The Morgan fingerprint density at radius 1 is 1.03 bits per heavy atom. The predicted octanol–water partition coefficient (Wildman–Crippen LogP) is 3.14. The zero-order valence-corrected chi connectivity index (χ0v) is 17.2. The van der Waals surface area contributed by atoms with Crippen LogP contribution in [0.5, 0.6) is 5.75 Å². The summed E-state index contributed by atoms with van der Waals surface area (Å²) in [4.78, 5) is 12.2. The van der Waals surface area contributed by atoms with Gasteiger partial charge >= 0.3 is 0 Å². The van der Waals surface area contributed by atoms with E-state index >= 15 is 0 Å². The van der Waals surface area contributed by atoms with Gasteiger partial charge in [0.1, 0.15) is 5.75 Å². The third-order valence-electron chi connectivity index (χ3n) is 4.79. The van der Waals surface area contributed by atoms with Crippen molar-refractivity contribution < 1.29 is 25.2 Å². The average molecular weight is 414 g/mol. The summed E-state index contributed by atoms with van der Waals surface area (Å²) in [6.45, 7) is 1.83. The van der Waals surface area contributed by atoms with Crippen LogP contribution in [0, 0.1) is 0 Å². The van der Waals surface area contributed by atoms with Gasteiger partial charge in [-0.15, -0.1) is 0 Å². The van der Waals surface area contributed by atoms with Crippen LogP contribution in [0.2, 0.25) is 0 Å². The van der Waals surface area contributed by atoms with Crippen LogP contribution >= 0.6 is 0 Å². The Labute approximate surface area is 177 Å². The number of aliphatic hydroxyl groups excluding tert-OH is 3. The van der Waals surface area contributed by atoms with Gasteiger partial charge in [0.15, 0.2) is 0 Å². The largest absolute Gasteiger partial charge is 0.508 e. The van der Waals surface area contributed by atoms with Crippen molar-refractivity contribution in [3.8, 4) is 5.75 Å². The van der Waals surface area contributed by atoms with Gasteiger partial charge in [-0.3, -0.25) is 4.79 Å². The summed E-state index contributed by atoms with van der Waals surface area (Å²) in [5.74, 6) is -0.311. The van der Waals surface area contributed by atoms with Crippen molar-refractivity contribution >= 4 is 11.6 Å². The highest BCUT2D eigenvalue weighted by atomic mass is 16.3. The molecular weight excluding hydrogens is 382 g/mol. The first-order valence-corrected chi connectivity index (χ1v) is 10.2. The van der Waals surface area contributed by atoms with Crippen molar-refractivity contribution in [2.24, 2.45) is 0 Å². The summed E-state index contributed by atoms with van der Waals surface area (Å²) in [7, 11) is 0. The number of benzene rings is 1. The number of allylic oxidation sites excluding steroid dienone is 5. The summed E-state index contributed by atoms with van der Waals surface area (Å²) in [5.41, 5.74) is 2.09. The first-order valence-electron chi connectivity index (χ1n) is 10.2. The van der Waals surface area contributed by atoms with Crippen molar-refractivity contribution in [2.75, 3.05) is 5.32 Å². The van der Waals surface area contributed by atoms with Gasteiger partial charge in [0.2, 0.25) is 5.91 Å². The van der Waals surface area contributed by atoms with Crippen LogP contribution in [0.3, 0.4) is 0 Å². The molecule has 6 heteroatoms. The van der Waals surface area contributed by atoms with Crippen LogP contribution in [0.25, 0.3) is 0 Å². The number of hydrogen-bond donors (Lipinski definition) is 5. The third-order valence-corrected chi connectivity index (χ3v) is 4.79. The Kier molecular flexibility index (Phi) is 9.54. The molecule has 1 heterocycles. The quantitative estimate of drug-likeness (QED) is 0.420. The monoisotopic (exact) mass is 413 g/mol. The summed E-state index contributed by atoms with van der Waals surface area (Å²) >= 11 is 0. The number of carbonyl (C=O) groups is 1. The number of phenolic OH excluding ortho intramolecular Hbond substituents is 1. The Morgan fingerprint density at radius 3 is 2.60 bits per heavy atom. The second-order valence-corrected chi connectivity index (χ2v) is 7.53. The smallest absolute Gasteiger partial charge is 0.227 e. The molecule has 1 aliphatic rings. The fourth-order valence-corrected chi connectivity index (χ4v) is 3.14. The van der Waals surface area contributed by atoms with Gasteiger partial charge in [-0.05, 0) is 49.5 Å². The number of aliphatic hydroxyl groups is 3. The molecule has 0 aliphatic carbocycles. The molecule has 5 N–H and O–H groups in total. The average Bonchev–Trinajstić information content (AvgIpc) is 2.65. The fraction of sp³-hybridized carbons (Fsp3) is 0.375. The van der Waals surface area contributed by atoms with E-state index in [1.54, 1.807) is 36.4 Å². The molecule has 1 aromatic carbocycles. The number of rotatable bonds is 0. The molecule has 0 aromatic heterocycles. The van der Waals surface area contributed by atoms with Gasteiger partial charge in [-0.2, -0.15) is 0 Å². The molecule has 0 unspecified atom stereocenters. The zero-order valence-electron chi connectivity index (χ0n) is 17.2. The lowest BCUT2D eigenvalue weighted by atomic mass is 10.0. The first-order chi connectivity index (χ1) is 14.3. The first kappa shape index (κ1) is 23.6. The van der Waals surface area contributed by atoms with E-state index < -0.39 is 18.3 Å². The van der Waals surface area contributed by atoms with E-state index in [1.165, 1.54) is 12.1 Å². The Hall–Kier alpha value is -2.67. The SMILES string of the molecule is C/C1=C/CCc2cc(O)cc(c2)NC(=O)C[C@H](O)\C=C/C=C\C=C\C[C@H](O)C[C@@H]1O. The van der Waals surface area contributed by atoms with E-state index in [1.807, 2.05) is 19.1 Å². The maximum atomic E-state index is 12.2. The number of aryl methyl sites for hydroxylation is 1. The standard InChI is InChI=1S/C24H31NO5/c1-17-8-7-9-18-12-19(14-22(28)13-18)25-24(30)16-21(27)11-6-4-2-3-5-10-20(26)15-23(17)29/h2-6,8,11-14,20-21,23,26-29H,7,9-10,15-16H2,1H3,(H,25,30)/b4-2-,5-3+,11-6-,17-8-/t20-,21+,23-/m0/s1. The van der Waals surface area contributed by atoms with E-state index in [9.17, 15) is 25.2 Å². The van der Waals surface area contributed by atoms with Crippen molar-refractivity contribution in [1.82, 2.24) is 0 Å². The lowest BCUT2D eigenvalue weighted by Crippen LogP contribution is -2.18. The maximum Gasteiger partial charge on any atom is 0.227 e. The molecule has 2 bridgehead atoms. The number of phenols is 1. The molecule has 162 valence electrons. The number of carbonyl (C=O) groups excluding carboxylic acids is 1. The summed E-state index contributed by atoms with van der Waals surface area (Å²) in [5, 5.41) is 43.0.